The topological polar surface area (TPSA) is 103 Å². The summed E-state index contributed by atoms with van der Waals surface area (Å²) in [4.78, 5) is 31.3. The van der Waals surface area contributed by atoms with E-state index in [0.717, 1.165) is 16.2 Å². The highest BCUT2D eigenvalue weighted by Crippen LogP contribution is 2.15. The number of rotatable bonds is 8. The molecular formula is C21H25N7O2S. The van der Waals surface area contributed by atoms with Crippen LogP contribution in [0.1, 0.15) is 37.9 Å². The Hall–Kier alpha value is -3.11. The summed E-state index contributed by atoms with van der Waals surface area (Å²) in [5, 5.41) is 5.43. The molecule has 0 aliphatic rings. The van der Waals surface area contributed by atoms with Gasteiger partial charge in [-0.3, -0.25) is 23.7 Å². The number of nitrogens with zero attached hydrogens (tertiary/aromatic N) is 5. The predicted octanol–water partition coefficient (Wildman–Crippen LogP) is 2.53. The largest absolute Gasteiger partial charge is 0.330 e. The molecule has 0 saturated carbocycles. The van der Waals surface area contributed by atoms with Gasteiger partial charge in [0.15, 0.2) is 11.2 Å². The van der Waals surface area contributed by atoms with Crippen molar-refractivity contribution in [2.45, 2.75) is 51.5 Å². The van der Waals surface area contributed by atoms with Crippen LogP contribution in [0.25, 0.3) is 11.2 Å². The Bertz CT molecular complexity index is 1300. The number of H-pyrrole nitrogens is 1. The molecule has 10 heteroatoms. The SMILES string of the molecule is CCn1cnc2c1c(=O)[nH]c(=O)n2Cc1ccc(CNSc2ccn(C(C)C)n2)cc1. The molecule has 0 unspecified atom stereocenters. The van der Waals surface area contributed by atoms with Crippen molar-refractivity contribution in [1.29, 1.82) is 0 Å². The highest BCUT2D eigenvalue weighted by Gasteiger charge is 2.13. The Balaban J connectivity index is 1.43. The normalized spacial score (nSPS) is 11.6. The van der Waals surface area contributed by atoms with Gasteiger partial charge < -0.3 is 4.57 Å². The van der Waals surface area contributed by atoms with Gasteiger partial charge in [0.2, 0.25) is 0 Å². The van der Waals surface area contributed by atoms with Crippen molar-refractivity contribution < 1.29 is 0 Å². The van der Waals surface area contributed by atoms with Crippen LogP contribution < -0.4 is 16.0 Å². The van der Waals surface area contributed by atoms with Crippen LogP contribution in [0.3, 0.4) is 0 Å². The quantitative estimate of drug-likeness (QED) is 0.409. The lowest BCUT2D eigenvalue weighted by Gasteiger charge is -2.08. The monoisotopic (exact) mass is 439 g/mol. The molecule has 2 N–H and O–H groups in total. The highest BCUT2D eigenvalue weighted by molar-refractivity contribution is 7.97. The standard InChI is InChI=1S/C21H25N7O2S/c1-4-26-13-22-19-18(26)20(29)24-21(30)27(19)12-16-7-5-15(6-8-16)11-23-31-17-9-10-28(25-17)14(2)3/h5-10,13-14,23H,4,11-12H2,1-3H3,(H,24,29,30). The van der Waals surface area contributed by atoms with E-state index in [2.05, 4.69) is 33.6 Å². The van der Waals surface area contributed by atoms with E-state index in [0.29, 0.717) is 36.8 Å². The van der Waals surface area contributed by atoms with Crippen LogP contribution in [0.5, 0.6) is 0 Å². The van der Waals surface area contributed by atoms with Crippen LogP contribution in [0.4, 0.5) is 0 Å². The third kappa shape index (κ3) is 4.49. The number of hydrogen-bond donors (Lipinski definition) is 2. The number of aryl methyl sites for hydroxylation is 1. The van der Waals surface area contributed by atoms with E-state index >= 15 is 0 Å². The first-order valence-electron chi connectivity index (χ1n) is 10.2. The molecule has 1 aromatic carbocycles. The van der Waals surface area contributed by atoms with Gasteiger partial charge in [0, 0.05) is 25.3 Å². The zero-order valence-corrected chi connectivity index (χ0v) is 18.5. The van der Waals surface area contributed by atoms with E-state index < -0.39 is 11.2 Å². The summed E-state index contributed by atoms with van der Waals surface area (Å²) in [5.41, 5.74) is 2.02. The lowest BCUT2D eigenvalue weighted by atomic mass is 10.1. The molecule has 0 bridgehead atoms. The fourth-order valence-electron chi connectivity index (χ4n) is 3.31. The second kappa shape index (κ2) is 8.94. The van der Waals surface area contributed by atoms with Gasteiger partial charge in [-0.1, -0.05) is 24.3 Å². The van der Waals surface area contributed by atoms with E-state index in [1.165, 1.54) is 16.5 Å². The number of imidazole rings is 1. The summed E-state index contributed by atoms with van der Waals surface area (Å²) in [6, 6.07) is 10.3. The van der Waals surface area contributed by atoms with Gasteiger partial charge in [-0.15, -0.1) is 0 Å². The third-order valence-electron chi connectivity index (χ3n) is 5.03. The average molecular weight is 440 g/mol. The molecule has 4 aromatic rings. The summed E-state index contributed by atoms with van der Waals surface area (Å²) in [5.74, 6) is 0. The fraction of sp³-hybridized carbons (Fsp3) is 0.333. The van der Waals surface area contributed by atoms with E-state index in [4.69, 9.17) is 0 Å². The summed E-state index contributed by atoms with van der Waals surface area (Å²) in [6.07, 6.45) is 3.56. The van der Waals surface area contributed by atoms with Crippen molar-refractivity contribution in [1.82, 2.24) is 33.6 Å². The Morgan fingerprint density at radius 3 is 2.55 bits per heavy atom. The molecule has 0 aliphatic carbocycles. The molecule has 4 rings (SSSR count). The predicted molar refractivity (Wildman–Crippen MR) is 121 cm³/mol. The first kappa shape index (κ1) is 21.1. The van der Waals surface area contributed by atoms with Gasteiger partial charge in [-0.05, 0) is 49.9 Å². The first-order chi connectivity index (χ1) is 15.0. The molecule has 0 amide bonds. The molecule has 31 heavy (non-hydrogen) atoms. The summed E-state index contributed by atoms with van der Waals surface area (Å²) < 4.78 is 8.48. The molecule has 9 nitrogen and oxygen atoms in total. The van der Waals surface area contributed by atoms with Crippen LogP contribution in [-0.2, 0) is 19.6 Å². The Morgan fingerprint density at radius 1 is 1.13 bits per heavy atom. The van der Waals surface area contributed by atoms with Gasteiger partial charge in [-0.25, -0.2) is 9.78 Å². The Kier molecular flexibility index (Phi) is 6.10. The Labute approximate surface area is 183 Å². The lowest BCUT2D eigenvalue weighted by molar-refractivity contribution is 0.522. The molecule has 162 valence electrons. The zero-order valence-electron chi connectivity index (χ0n) is 17.7. The second-order valence-electron chi connectivity index (χ2n) is 7.52. The minimum Gasteiger partial charge on any atom is -0.325 e. The van der Waals surface area contributed by atoms with Crippen LogP contribution in [0.15, 0.2) is 57.5 Å². The molecule has 0 radical (unpaired) electrons. The number of nitrogens with one attached hydrogen (secondary N) is 2. The number of aromatic nitrogens is 6. The van der Waals surface area contributed by atoms with Crippen molar-refractivity contribution in [2.24, 2.45) is 0 Å². The van der Waals surface area contributed by atoms with Gasteiger partial charge in [0.25, 0.3) is 5.56 Å². The molecule has 0 fully saturated rings. The highest BCUT2D eigenvalue weighted by atomic mass is 32.2. The van der Waals surface area contributed by atoms with Crippen LogP contribution >= 0.6 is 11.9 Å². The molecule has 3 aromatic heterocycles. The smallest absolute Gasteiger partial charge is 0.325 e. The molecular weight excluding hydrogens is 414 g/mol. The van der Waals surface area contributed by atoms with E-state index in [9.17, 15) is 9.59 Å². The maximum Gasteiger partial charge on any atom is 0.330 e. The van der Waals surface area contributed by atoms with E-state index in [1.54, 1.807) is 10.9 Å². The van der Waals surface area contributed by atoms with Crippen molar-refractivity contribution in [3.05, 3.63) is 74.8 Å². The Morgan fingerprint density at radius 2 is 1.87 bits per heavy atom. The number of fused-ring (bicyclic) bond motifs is 1. The van der Waals surface area contributed by atoms with Gasteiger partial charge in [0.1, 0.15) is 5.03 Å². The van der Waals surface area contributed by atoms with Crippen molar-refractivity contribution >= 4 is 23.1 Å². The van der Waals surface area contributed by atoms with Crippen LogP contribution in [0, 0.1) is 0 Å². The number of benzene rings is 1. The second-order valence-corrected chi connectivity index (χ2v) is 8.43. The lowest BCUT2D eigenvalue weighted by Crippen LogP contribution is -2.31. The molecule has 0 saturated heterocycles. The maximum absolute atomic E-state index is 12.4. The molecule has 0 aliphatic heterocycles. The van der Waals surface area contributed by atoms with E-state index in [1.807, 2.05) is 48.1 Å². The van der Waals surface area contributed by atoms with Gasteiger partial charge >= 0.3 is 5.69 Å². The number of aromatic amines is 1. The summed E-state index contributed by atoms with van der Waals surface area (Å²) in [7, 11) is 0. The summed E-state index contributed by atoms with van der Waals surface area (Å²) in [6.45, 7) is 7.74. The third-order valence-corrected chi connectivity index (χ3v) is 5.74. The maximum atomic E-state index is 12.4. The molecule has 0 spiro atoms. The first-order valence-corrected chi connectivity index (χ1v) is 11.0. The van der Waals surface area contributed by atoms with Crippen molar-refractivity contribution in [3.8, 4) is 0 Å². The van der Waals surface area contributed by atoms with E-state index in [-0.39, 0.29) is 0 Å². The molecule has 0 atom stereocenters. The van der Waals surface area contributed by atoms with Crippen LogP contribution in [-0.4, -0.2) is 28.9 Å². The molecule has 3 heterocycles. The van der Waals surface area contributed by atoms with Crippen molar-refractivity contribution in [2.75, 3.05) is 0 Å². The van der Waals surface area contributed by atoms with Crippen LogP contribution in [0.2, 0.25) is 0 Å². The minimum absolute atomic E-state index is 0.335. The fourth-order valence-corrected chi connectivity index (χ4v) is 3.96. The zero-order chi connectivity index (χ0) is 22.0. The summed E-state index contributed by atoms with van der Waals surface area (Å²) >= 11 is 1.50. The minimum atomic E-state index is -0.457. The van der Waals surface area contributed by atoms with Gasteiger partial charge in [-0.2, -0.15) is 5.10 Å². The average Bonchev–Trinajstić information content (AvgIpc) is 3.39. The van der Waals surface area contributed by atoms with Crippen molar-refractivity contribution in [3.63, 3.8) is 0 Å². The number of hydrogen-bond acceptors (Lipinski definition) is 6. The van der Waals surface area contributed by atoms with Gasteiger partial charge in [0.05, 0.1) is 12.9 Å².